The van der Waals surface area contributed by atoms with Gasteiger partial charge in [-0.3, -0.25) is 9.59 Å². The van der Waals surface area contributed by atoms with Gasteiger partial charge in [-0.15, -0.1) is 0 Å². The highest BCUT2D eigenvalue weighted by molar-refractivity contribution is 5.82. The summed E-state index contributed by atoms with van der Waals surface area (Å²) in [5, 5.41) is 0. The number of ether oxygens (including phenoxy) is 2. The molecule has 0 aliphatic carbocycles. The van der Waals surface area contributed by atoms with Gasteiger partial charge in [-0.1, -0.05) is 30.3 Å². The number of hydrogen-bond acceptors (Lipinski definition) is 4. The minimum absolute atomic E-state index is 0.0630. The van der Waals surface area contributed by atoms with E-state index in [1.807, 2.05) is 23.1 Å². The van der Waals surface area contributed by atoms with Crippen LogP contribution in [0.2, 0.25) is 0 Å². The van der Waals surface area contributed by atoms with Crippen molar-refractivity contribution < 1.29 is 19.1 Å². The van der Waals surface area contributed by atoms with Crippen molar-refractivity contribution >= 4 is 11.9 Å². The van der Waals surface area contributed by atoms with E-state index in [0.29, 0.717) is 32.7 Å². The Hall–Kier alpha value is -1.88. The predicted molar refractivity (Wildman–Crippen MR) is 84.7 cm³/mol. The molecule has 2 saturated heterocycles. The summed E-state index contributed by atoms with van der Waals surface area (Å²) in [6.07, 6.45) is 2.24. The fourth-order valence-electron chi connectivity index (χ4n) is 3.66. The van der Waals surface area contributed by atoms with Crippen LogP contribution in [0.15, 0.2) is 30.3 Å². The molecule has 124 valence electrons. The van der Waals surface area contributed by atoms with E-state index in [1.165, 1.54) is 12.7 Å². The SMILES string of the molecule is COC(=O)[C@@]12COC[C@@H]1CN(C(=O)CCCc1ccccc1)C2. The minimum Gasteiger partial charge on any atom is -0.468 e. The fraction of sp³-hybridized carbons (Fsp3) is 0.556. The number of nitrogens with zero attached hydrogens (tertiary/aromatic N) is 1. The second-order valence-corrected chi connectivity index (χ2v) is 6.47. The highest BCUT2D eigenvalue weighted by Crippen LogP contribution is 2.42. The maximum absolute atomic E-state index is 12.5. The average molecular weight is 317 g/mol. The summed E-state index contributed by atoms with van der Waals surface area (Å²) < 4.78 is 10.4. The molecule has 0 bridgehead atoms. The Balaban J connectivity index is 1.54. The number of amides is 1. The molecule has 5 heteroatoms. The van der Waals surface area contributed by atoms with Gasteiger partial charge in [-0.05, 0) is 18.4 Å². The first-order valence-electron chi connectivity index (χ1n) is 8.13. The van der Waals surface area contributed by atoms with Crippen LogP contribution < -0.4 is 0 Å². The summed E-state index contributed by atoms with van der Waals surface area (Å²) in [6, 6.07) is 10.2. The Morgan fingerprint density at radius 3 is 2.87 bits per heavy atom. The zero-order chi connectivity index (χ0) is 16.3. The van der Waals surface area contributed by atoms with E-state index < -0.39 is 5.41 Å². The maximum Gasteiger partial charge on any atom is 0.316 e. The number of esters is 1. The van der Waals surface area contributed by atoms with Crippen molar-refractivity contribution in [1.29, 1.82) is 0 Å². The zero-order valence-corrected chi connectivity index (χ0v) is 13.5. The third-order valence-electron chi connectivity index (χ3n) is 5.02. The van der Waals surface area contributed by atoms with Crippen molar-refractivity contribution in [1.82, 2.24) is 4.90 Å². The predicted octanol–water partition coefficient (Wildman–Crippen LogP) is 1.66. The van der Waals surface area contributed by atoms with Crippen molar-refractivity contribution in [3.05, 3.63) is 35.9 Å². The van der Waals surface area contributed by atoms with Crippen LogP contribution in [-0.2, 0) is 25.5 Å². The average Bonchev–Trinajstić information content (AvgIpc) is 3.13. The van der Waals surface area contributed by atoms with Gasteiger partial charge in [-0.25, -0.2) is 0 Å². The Labute approximate surface area is 136 Å². The number of aryl methyl sites for hydroxylation is 1. The van der Waals surface area contributed by atoms with Crippen LogP contribution in [0.1, 0.15) is 18.4 Å². The van der Waals surface area contributed by atoms with Crippen LogP contribution in [0.25, 0.3) is 0 Å². The summed E-state index contributed by atoms with van der Waals surface area (Å²) >= 11 is 0. The molecule has 0 spiro atoms. The molecule has 1 amide bonds. The molecular formula is C18H23NO4. The lowest BCUT2D eigenvalue weighted by Gasteiger charge is -2.23. The van der Waals surface area contributed by atoms with Gasteiger partial charge in [-0.2, -0.15) is 0 Å². The van der Waals surface area contributed by atoms with Gasteiger partial charge < -0.3 is 14.4 Å². The first kappa shape index (κ1) is 16.0. The molecule has 5 nitrogen and oxygen atoms in total. The minimum atomic E-state index is -0.649. The first-order valence-corrected chi connectivity index (χ1v) is 8.13. The third kappa shape index (κ3) is 3.11. The van der Waals surface area contributed by atoms with Gasteiger partial charge in [0.1, 0.15) is 5.41 Å². The lowest BCUT2D eigenvalue weighted by Crippen LogP contribution is -2.41. The fourth-order valence-corrected chi connectivity index (χ4v) is 3.66. The molecule has 0 radical (unpaired) electrons. The Morgan fingerprint density at radius 1 is 1.35 bits per heavy atom. The molecule has 2 aliphatic heterocycles. The van der Waals surface area contributed by atoms with E-state index in [1.54, 1.807) is 0 Å². The molecule has 2 atom stereocenters. The highest BCUT2D eigenvalue weighted by atomic mass is 16.5. The largest absolute Gasteiger partial charge is 0.468 e. The second-order valence-electron chi connectivity index (χ2n) is 6.47. The van der Waals surface area contributed by atoms with E-state index in [-0.39, 0.29) is 17.8 Å². The Bertz CT molecular complexity index is 574. The van der Waals surface area contributed by atoms with E-state index in [9.17, 15) is 9.59 Å². The summed E-state index contributed by atoms with van der Waals surface area (Å²) in [7, 11) is 1.40. The van der Waals surface area contributed by atoms with Crippen LogP contribution in [0.5, 0.6) is 0 Å². The van der Waals surface area contributed by atoms with Gasteiger partial charge in [0.2, 0.25) is 5.91 Å². The number of rotatable bonds is 5. The smallest absolute Gasteiger partial charge is 0.316 e. The molecule has 0 aromatic heterocycles. The van der Waals surface area contributed by atoms with Gasteiger partial charge >= 0.3 is 5.97 Å². The van der Waals surface area contributed by atoms with Gasteiger partial charge in [0.15, 0.2) is 0 Å². The summed E-state index contributed by atoms with van der Waals surface area (Å²) in [6.45, 7) is 1.91. The van der Waals surface area contributed by atoms with Gasteiger partial charge in [0, 0.05) is 25.4 Å². The quantitative estimate of drug-likeness (QED) is 0.775. The topological polar surface area (TPSA) is 55.8 Å². The monoisotopic (exact) mass is 317 g/mol. The van der Waals surface area contributed by atoms with Crippen molar-refractivity contribution in [2.24, 2.45) is 11.3 Å². The number of carbonyl (C=O) groups is 2. The number of carbonyl (C=O) groups excluding carboxylic acids is 2. The number of hydrogen-bond donors (Lipinski definition) is 0. The molecule has 1 aromatic rings. The molecular weight excluding hydrogens is 294 g/mol. The first-order chi connectivity index (χ1) is 11.2. The van der Waals surface area contributed by atoms with Crippen LogP contribution in [0, 0.1) is 11.3 Å². The summed E-state index contributed by atoms with van der Waals surface area (Å²) in [4.78, 5) is 26.4. The van der Waals surface area contributed by atoms with Crippen LogP contribution >= 0.6 is 0 Å². The van der Waals surface area contributed by atoms with Gasteiger partial charge in [0.25, 0.3) is 0 Å². The van der Waals surface area contributed by atoms with Crippen LogP contribution in [0.4, 0.5) is 0 Å². The molecule has 23 heavy (non-hydrogen) atoms. The number of likely N-dealkylation sites (tertiary alicyclic amines) is 1. The van der Waals surface area contributed by atoms with Crippen molar-refractivity contribution in [3.63, 3.8) is 0 Å². The second kappa shape index (κ2) is 6.71. The highest BCUT2D eigenvalue weighted by Gasteiger charge is 2.57. The number of fused-ring (bicyclic) bond motifs is 1. The van der Waals surface area contributed by atoms with E-state index in [0.717, 1.165) is 12.8 Å². The van der Waals surface area contributed by atoms with E-state index >= 15 is 0 Å². The summed E-state index contributed by atoms with van der Waals surface area (Å²) in [5.74, 6) is -0.0637. The molecule has 1 aromatic carbocycles. The molecule has 2 fully saturated rings. The normalized spacial score (nSPS) is 26.1. The number of methoxy groups -OCH3 is 1. The molecule has 2 aliphatic rings. The maximum atomic E-state index is 12.5. The van der Waals surface area contributed by atoms with E-state index in [2.05, 4.69) is 12.1 Å². The van der Waals surface area contributed by atoms with Gasteiger partial charge in [0.05, 0.1) is 20.3 Å². The van der Waals surface area contributed by atoms with Crippen molar-refractivity contribution in [2.75, 3.05) is 33.4 Å². The Morgan fingerprint density at radius 2 is 2.13 bits per heavy atom. The molecule has 2 heterocycles. The molecule has 3 rings (SSSR count). The van der Waals surface area contributed by atoms with Crippen LogP contribution in [-0.4, -0.2) is 50.2 Å². The summed E-state index contributed by atoms with van der Waals surface area (Å²) in [5.41, 5.74) is 0.599. The molecule has 0 unspecified atom stereocenters. The Kier molecular flexibility index (Phi) is 4.66. The van der Waals surface area contributed by atoms with E-state index in [4.69, 9.17) is 9.47 Å². The van der Waals surface area contributed by atoms with Crippen molar-refractivity contribution in [2.45, 2.75) is 19.3 Å². The third-order valence-corrected chi connectivity index (χ3v) is 5.02. The standard InChI is InChI=1S/C18H23NO4/c1-22-17(21)18-12-19(10-15(18)11-23-13-18)16(20)9-5-8-14-6-3-2-4-7-14/h2-4,6-7,15H,5,8-13H2,1H3/t15-,18-/m0/s1. The lowest BCUT2D eigenvalue weighted by molar-refractivity contribution is -0.153. The molecule has 0 saturated carbocycles. The lowest BCUT2D eigenvalue weighted by atomic mass is 9.81. The number of benzene rings is 1. The molecule has 0 N–H and O–H groups in total. The van der Waals surface area contributed by atoms with Crippen LogP contribution in [0.3, 0.4) is 0 Å². The zero-order valence-electron chi connectivity index (χ0n) is 13.5. The van der Waals surface area contributed by atoms with Crippen molar-refractivity contribution in [3.8, 4) is 0 Å².